The molecule has 0 aliphatic rings. The monoisotopic (exact) mass is 180 g/mol. The van der Waals surface area contributed by atoms with Gasteiger partial charge in [-0.2, -0.15) is 11.8 Å². The Morgan fingerprint density at radius 2 is 2.40 bits per heavy atom. The van der Waals surface area contributed by atoms with Crippen LogP contribution in [-0.2, 0) is 9.53 Å². The summed E-state index contributed by atoms with van der Waals surface area (Å²) < 4.78 is 4.55. The van der Waals surface area contributed by atoms with E-state index in [0.29, 0.717) is 0 Å². The lowest BCUT2D eigenvalue weighted by Gasteiger charge is -2.06. The van der Waals surface area contributed by atoms with Crippen molar-refractivity contribution < 1.29 is 9.53 Å². The van der Waals surface area contributed by atoms with E-state index in [9.17, 15) is 4.79 Å². The Balaban J connectivity index is 3.41. The SMILES string of the molecule is COC(=O)C(C)CSCP. The number of hydrogen-bond acceptors (Lipinski definition) is 3. The van der Waals surface area contributed by atoms with Crippen LogP contribution in [0.3, 0.4) is 0 Å². The summed E-state index contributed by atoms with van der Waals surface area (Å²) in [5, 5.41) is 0. The van der Waals surface area contributed by atoms with Crippen LogP contribution >= 0.6 is 21.0 Å². The number of thioether (sulfide) groups is 1. The molecule has 0 fully saturated rings. The van der Waals surface area contributed by atoms with Gasteiger partial charge in [-0.3, -0.25) is 4.79 Å². The second kappa shape index (κ2) is 5.99. The molecule has 0 saturated carbocycles. The number of rotatable bonds is 4. The second-order valence-corrected chi connectivity index (χ2v) is 4.04. The van der Waals surface area contributed by atoms with Crippen LogP contribution in [0.1, 0.15) is 6.92 Å². The Morgan fingerprint density at radius 3 is 2.80 bits per heavy atom. The van der Waals surface area contributed by atoms with E-state index in [1.54, 1.807) is 11.8 Å². The lowest BCUT2D eigenvalue weighted by molar-refractivity contribution is -0.143. The molecule has 60 valence electrons. The molecule has 0 amide bonds. The Labute approximate surface area is 68.3 Å². The Morgan fingerprint density at radius 1 is 1.80 bits per heavy atom. The van der Waals surface area contributed by atoms with E-state index < -0.39 is 0 Å². The van der Waals surface area contributed by atoms with Crippen molar-refractivity contribution in [2.24, 2.45) is 5.92 Å². The molecule has 0 heterocycles. The summed E-state index contributed by atoms with van der Waals surface area (Å²) in [6.45, 7) is 1.87. The van der Waals surface area contributed by atoms with Crippen LogP contribution in [0.15, 0.2) is 0 Å². The van der Waals surface area contributed by atoms with Crippen LogP contribution in [0.25, 0.3) is 0 Å². The molecule has 0 saturated heterocycles. The third-order valence-electron chi connectivity index (χ3n) is 1.09. The average Bonchev–Trinajstić information content (AvgIpc) is 1.98. The first-order chi connectivity index (χ1) is 4.72. The summed E-state index contributed by atoms with van der Waals surface area (Å²) in [4.78, 5) is 10.8. The molecule has 0 radical (unpaired) electrons. The Hall–Kier alpha value is 0.250. The zero-order valence-corrected chi connectivity index (χ0v) is 8.26. The van der Waals surface area contributed by atoms with Gasteiger partial charge >= 0.3 is 5.97 Å². The maximum atomic E-state index is 10.8. The van der Waals surface area contributed by atoms with Crippen LogP contribution < -0.4 is 0 Å². The van der Waals surface area contributed by atoms with E-state index in [1.165, 1.54) is 7.11 Å². The van der Waals surface area contributed by atoms with Crippen molar-refractivity contribution >= 4 is 27.0 Å². The van der Waals surface area contributed by atoms with Crippen molar-refractivity contribution in [3.05, 3.63) is 0 Å². The van der Waals surface area contributed by atoms with E-state index in [0.717, 1.165) is 11.2 Å². The zero-order valence-electron chi connectivity index (χ0n) is 6.29. The van der Waals surface area contributed by atoms with Crippen molar-refractivity contribution in [2.75, 3.05) is 18.4 Å². The molecule has 2 nitrogen and oxygen atoms in total. The van der Waals surface area contributed by atoms with Crippen LogP contribution in [0.4, 0.5) is 0 Å². The molecular formula is C6H13O2PS. The molecule has 0 bridgehead atoms. The topological polar surface area (TPSA) is 26.3 Å². The molecule has 2 unspecified atom stereocenters. The van der Waals surface area contributed by atoms with Gasteiger partial charge in [0.25, 0.3) is 0 Å². The summed E-state index contributed by atoms with van der Waals surface area (Å²) in [6.07, 6.45) is 0. The van der Waals surface area contributed by atoms with Crippen molar-refractivity contribution in [1.29, 1.82) is 0 Å². The van der Waals surface area contributed by atoms with Gasteiger partial charge in [-0.25, -0.2) is 0 Å². The van der Waals surface area contributed by atoms with Crippen LogP contribution in [0.5, 0.6) is 0 Å². The van der Waals surface area contributed by atoms with Gasteiger partial charge in [-0.1, -0.05) is 6.92 Å². The standard InChI is InChI=1S/C6H13O2PS/c1-5(3-10-4-9)6(7)8-2/h5H,3-4,9H2,1-2H3. The molecule has 0 rings (SSSR count). The van der Waals surface area contributed by atoms with E-state index >= 15 is 0 Å². The van der Waals surface area contributed by atoms with Gasteiger partial charge in [-0.15, -0.1) is 9.24 Å². The highest BCUT2D eigenvalue weighted by atomic mass is 32.2. The minimum Gasteiger partial charge on any atom is -0.469 e. The Bertz CT molecular complexity index is 108. The zero-order chi connectivity index (χ0) is 7.98. The molecule has 0 aromatic rings. The molecule has 10 heavy (non-hydrogen) atoms. The van der Waals surface area contributed by atoms with Gasteiger partial charge in [0.15, 0.2) is 0 Å². The predicted octanol–water partition coefficient (Wildman–Crippen LogP) is 1.36. The maximum absolute atomic E-state index is 10.8. The van der Waals surface area contributed by atoms with Crippen molar-refractivity contribution in [1.82, 2.24) is 0 Å². The highest BCUT2D eigenvalue weighted by molar-refractivity contribution is 8.02. The number of hydrogen-bond donors (Lipinski definition) is 0. The fourth-order valence-corrected chi connectivity index (χ4v) is 1.55. The number of carbonyl (C=O) groups is 1. The third kappa shape index (κ3) is 4.13. The lowest BCUT2D eigenvalue weighted by Crippen LogP contribution is -2.14. The lowest BCUT2D eigenvalue weighted by atomic mass is 10.2. The molecule has 0 aromatic heterocycles. The number of methoxy groups -OCH3 is 1. The van der Waals surface area contributed by atoms with Gasteiger partial charge in [0.2, 0.25) is 0 Å². The molecule has 0 aromatic carbocycles. The van der Waals surface area contributed by atoms with Gasteiger partial charge in [0, 0.05) is 11.2 Å². The summed E-state index contributed by atoms with van der Waals surface area (Å²) in [5.41, 5.74) is 0.974. The third-order valence-corrected chi connectivity index (χ3v) is 2.77. The summed E-state index contributed by atoms with van der Waals surface area (Å²) in [5.74, 6) is 0.748. The average molecular weight is 180 g/mol. The summed E-state index contributed by atoms with van der Waals surface area (Å²) in [6, 6.07) is 0. The first kappa shape index (κ1) is 10.2. The van der Waals surface area contributed by atoms with E-state index in [-0.39, 0.29) is 11.9 Å². The van der Waals surface area contributed by atoms with Crippen LogP contribution in [-0.4, -0.2) is 24.3 Å². The van der Waals surface area contributed by atoms with Gasteiger partial charge in [0.1, 0.15) is 0 Å². The molecule has 4 heteroatoms. The highest BCUT2D eigenvalue weighted by Crippen LogP contribution is 2.11. The summed E-state index contributed by atoms with van der Waals surface area (Å²) in [7, 11) is 4.02. The molecule has 0 N–H and O–H groups in total. The quantitative estimate of drug-likeness (QED) is 0.482. The Kier molecular flexibility index (Phi) is 6.14. The van der Waals surface area contributed by atoms with E-state index in [1.807, 2.05) is 6.92 Å². The molecule has 0 aliphatic heterocycles. The van der Waals surface area contributed by atoms with Gasteiger partial charge < -0.3 is 4.74 Å². The number of ether oxygens (including phenoxy) is 1. The fraction of sp³-hybridized carbons (Fsp3) is 0.833. The minimum absolute atomic E-state index is 0.0237. The van der Waals surface area contributed by atoms with E-state index in [4.69, 9.17) is 0 Å². The molecule has 0 spiro atoms. The largest absolute Gasteiger partial charge is 0.469 e. The van der Waals surface area contributed by atoms with E-state index in [2.05, 4.69) is 14.0 Å². The summed E-state index contributed by atoms with van der Waals surface area (Å²) >= 11 is 1.72. The number of carbonyl (C=O) groups excluding carboxylic acids is 1. The van der Waals surface area contributed by atoms with Crippen LogP contribution in [0, 0.1) is 5.92 Å². The molecular weight excluding hydrogens is 167 g/mol. The van der Waals surface area contributed by atoms with Gasteiger partial charge in [0.05, 0.1) is 13.0 Å². The first-order valence-electron chi connectivity index (χ1n) is 3.08. The van der Waals surface area contributed by atoms with Crippen molar-refractivity contribution in [2.45, 2.75) is 6.92 Å². The molecule has 0 aliphatic carbocycles. The predicted molar refractivity (Wildman–Crippen MR) is 48.2 cm³/mol. The van der Waals surface area contributed by atoms with Gasteiger partial charge in [-0.05, 0) is 0 Å². The van der Waals surface area contributed by atoms with Crippen molar-refractivity contribution in [3.63, 3.8) is 0 Å². The first-order valence-corrected chi connectivity index (χ1v) is 5.05. The van der Waals surface area contributed by atoms with Crippen LogP contribution in [0.2, 0.25) is 0 Å². The number of esters is 1. The van der Waals surface area contributed by atoms with Crippen molar-refractivity contribution in [3.8, 4) is 0 Å². The smallest absolute Gasteiger partial charge is 0.309 e. The minimum atomic E-state index is -0.119. The fourth-order valence-electron chi connectivity index (χ4n) is 0.514. The molecule has 2 atom stereocenters. The second-order valence-electron chi connectivity index (χ2n) is 1.96. The maximum Gasteiger partial charge on any atom is 0.309 e. The highest BCUT2D eigenvalue weighted by Gasteiger charge is 2.11. The normalized spacial score (nSPS) is 12.7.